The molecule has 1 aliphatic heterocycles. The topological polar surface area (TPSA) is 132 Å². The maximum absolute atomic E-state index is 12.4. The van der Waals surface area contributed by atoms with Gasteiger partial charge in [0.2, 0.25) is 0 Å². The summed E-state index contributed by atoms with van der Waals surface area (Å²) >= 11 is 0. The zero-order valence-corrected chi connectivity index (χ0v) is 33.5. The molecule has 3 atom stereocenters. The predicted octanol–water partition coefficient (Wildman–Crippen LogP) is 11.1. The highest BCUT2D eigenvalue weighted by Crippen LogP contribution is 2.36. The molecule has 1 fully saturated rings. The molecule has 10 heteroatoms. The molecular weight excluding hydrogens is 691 g/mol. The van der Waals surface area contributed by atoms with E-state index in [-0.39, 0.29) is 19.4 Å². The first-order valence-electron chi connectivity index (χ1n) is 20.0. The summed E-state index contributed by atoms with van der Waals surface area (Å²) in [5.41, 5.74) is 0. The lowest BCUT2D eigenvalue weighted by Crippen LogP contribution is -2.29. The number of carbonyl (C=O) groups is 2. The van der Waals surface area contributed by atoms with Crippen LogP contribution in [0.4, 0.5) is 0 Å². The standard InChI is InChI=1S/C43H69O9P/c1-3-5-7-8-9-10-11-12-13-14-15-16-17-21-24-27-31-35-42(44)49-37-39(38-50-53(46,47)48)51-43(45)36-32-28-25-22-19-18-20-23-26-30-34-41-40(52-41)33-29-6-4-2/h5,7,9-10,12-13,15-16,18,20,22,25-26,30,39-41H,3-4,6,8,11,14,17,19,21,23-24,27-29,31-38H2,1-2H3,(H2,46,47,48)/b7-5-,10-9-,13-12-,16-15-,20-18-,25-22-,30-26-/t39-,40?,41?/m1/s1. The minimum Gasteiger partial charge on any atom is -0.462 e. The fourth-order valence-electron chi connectivity index (χ4n) is 5.27. The van der Waals surface area contributed by atoms with Crippen molar-refractivity contribution in [1.29, 1.82) is 0 Å². The van der Waals surface area contributed by atoms with Crippen molar-refractivity contribution in [3.05, 3.63) is 85.1 Å². The van der Waals surface area contributed by atoms with Crippen LogP contribution in [0.2, 0.25) is 0 Å². The second-order valence-corrected chi connectivity index (χ2v) is 14.5. The van der Waals surface area contributed by atoms with Gasteiger partial charge >= 0.3 is 19.8 Å². The van der Waals surface area contributed by atoms with Gasteiger partial charge in [-0.05, 0) is 83.5 Å². The van der Waals surface area contributed by atoms with Gasteiger partial charge in [-0.3, -0.25) is 14.1 Å². The Kier molecular flexibility index (Phi) is 30.7. The molecule has 0 aromatic rings. The highest BCUT2D eigenvalue weighted by atomic mass is 31.2. The third-order valence-corrected chi connectivity index (χ3v) is 8.81. The van der Waals surface area contributed by atoms with Crippen LogP contribution in [-0.2, 0) is 32.9 Å². The second-order valence-electron chi connectivity index (χ2n) is 13.3. The molecule has 0 aromatic heterocycles. The van der Waals surface area contributed by atoms with Crippen molar-refractivity contribution in [2.75, 3.05) is 13.2 Å². The molecule has 1 aliphatic rings. The summed E-state index contributed by atoms with van der Waals surface area (Å²) in [6.07, 6.45) is 47.7. The van der Waals surface area contributed by atoms with E-state index in [0.717, 1.165) is 70.6 Å². The van der Waals surface area contributed by atoms with E-state index in [4.69, 9.17) is 24.0 Å². The molecule has 2 unspecified atom stereocenters. The van der Waals surface area contributed by atoms with E-state index in [1.807, 2.05) is 12.2 Å². The van der Waals surface area contributed by atoms with E-state index >= 15 is 0 Å². The molecule has 2 N–H and O–H groups in total. The van der Waals surface area contributed by atoms with Gasteiger partial charge in [0.05, 0.1) is 18.8 Å². The van der Waals surface area contributed by atoms with E-state index in [2.05, 4.69) is 91.3 Å². The fraction of sp³-hybridized carbons (Fsp3) is 0.628. The van der Waals surface area contributed by atoms with Crippen LogP contribution in [0.25, 0.3) is 0 Å². The van der Waals surface area contributed by atoms with Crippen molar-refractivity contribution in [3.8, 4) is 0 Å². The number of hydrogen-bond acceptors (Lipinski definition) is 7. The molecule has 0 amide bonds. The molecule has 0 aliphatic carbocycles. The molecule has 9 nitrogen and oxygen atoms in total. The third-order valence-electron chi connectivity index (χ3n) is 8.32. The van der Waals surface area contributed by atoms with Gasteiger partial charge in [-0.25, -0.2) is 4.57 Å². The van der Waals surface area contributed by atoms with Gasteiger partial charge in [-0.1, -0.05) is 131 Å². The number of esters is 2. The number of ether oxygens (including phenoxy) is 3. The predicted molar refractivity (Wildman–Crippen MR) is 215 cm³/mol. The van der Waals surface area contributed by atoms with Crippen molar-refractivity contribution in [2.45, 2.75) is 161 Å². The lowest BCUT2D eigenvalue weighted by molar-refractivity contribution is -0.161. The first kappa shape index (κ1) is 48.2. The Balaban J connectivity index is 2.14. The largest absolute Gasteiger partial charge is 0.469 e. The van der Waals surface area contributed by atoms with Crippen LogP contribution in [0, 0.1) is 0 Å². The van der Waals surface area contributed by atoms with Crippen molar-refractivity contribution in [1.82, 2.24) is 0 Å². The zero-order valence-electron chi connectivity index (χ0n) is 32.6. The van der Waals surface area contributed by atoms with E-state index in [1.165, 1.54) is 25.7 Å². The van der Waals surface area contributed by atoms with Crippen molar-refractivity contribution in [2.24, 2.45) is 0 Å². The highest BCUT2D eigenvalue weighted by Gasteiger charge is 2.36. The summed E-state index contributed by atoms with van der Waals surface area (Å²) in [6.45, 7) is 3.45. The van der Waals surface area contributed by atoms with Gasteiger partial charge in [0.1, 0.15) is 6.61 Å². The first-order valence-corrected chi connectivity index (χ1v) is 21.5. The van der Waals surface area contributed by atoms with Gasteiger partial charge in [-0.2, -0.15) is 0 Å². The highest BCUT2D eigenvalue weighted by molar-refractivity contribution is 7.46. The van der Waals surface area contributed by atoms with Crippen LogP contribution in [0.3, 0.4) is 0 Å². The van der Waals surface area contributed by atoms with Gasteiger partial charge in [0, 0.05) is 12.8 Å². The fourth-order valence-corrected chi connectivity index (χ4v) is 5.63. The molecule has 300 valence electrons. The monoisotopic (exact) mass is 760 g/mol. The van der Waals surface area contributed by atoms with Gasteiger partial charge in [0.15, 0.2) is 6.10 Å². The Morgan fingerprint density at radius 2 is 1.17 bits per heavy atom. The van der Waals surface area contributed by atoms with Crippen LogP contribution in [0.5, 0.6) is 0 Å². The van der Waals surface area contributed by atoms with Gasteiger partial charge in [-0.15, -0.1) is 0 Å². The third kappa shape index (κ3) is 33.5. The van der Waals surface area contributed by atoms with E-state index in [9.17, 15) is 14.2 Å². The lowest BCUT2D eigenvalue weighted by Gasteiger charge is -2.18. The molecule has 1 heterocycles. The number of hydrogen-bond donors (Lipinski definition) is 2. The van der Waals surface area contributed by atoms with E-state index in [0.29, 0.717) is 31.5 Å². The summed E-state index contributed by atoms with van der Waals surface area (Å²) in [5, 5.41) is 0. The summed E-state index contributed by atoms with van der Waals surface area (Å²) < 4.78 is 32.0. The SMILES string of the molecule is CC/C=C\C/C=C\C/C=C\C/C=C\CCCCCCC(=O)OC[C@H](COP(=O)(O)O)OC(=O)CCC/C=C\C/C=C\C/C=C\CC1OC1CCCCC. The van der Waals surface area contributed by atoms with Crippen molar-refractivity contribution < 1.29 is 42.7 Å². The Morgan fingerprint density at radius 1 is 0.623 bits per heavy atom. The molecule has 53 heavy (non-hydrogen) atoms. The number of epoxide rings is 1. The average molecular weight is 761 g/mol. The molecule has 1 saturated heterocycles. The van der Waals surface area contributed by atoms with E-state index < -0.39 is 32.5 Å². The zero-order chi connectivity index (χ0) is 38.7. The Morgan fingerprint density at radius 3 is 1.77 bits per heavy atom. The lowest BCUT2D eigenvalue weighted by atomic mass is 10.1. The first-order chi connectivity index (χ1) is 25.7. The number of allylic oxidation sites excluding steroid dienone is 13. The van der Waals surface area contributed by atoms with Crippen LogP contribution in [-0.4, -0.2) is 53.3 Å². The molecule has 0 saturated carbocycles. The minimum atomic E-state index is -4.78. The van der Waals surface area contributed by atoms with Gasteiger partial charge < -0.3 is 24.0 Å². The normalized spacial score (nSPS) is 17.2. The molecule has 1 rings (SSSR count). The molecular formula is C43H69O9P. The smallest absolute Gasteiger partial charge is 0.462 e. The maximum Gasteiger partial charge on any atom is 0.469 e. The van der Waals surface area contributed by atoms with Crippen LogP contribution < -0.4 is 0 Å². The number of rotatable bonds is 34. The van der Waals surface area contributed by atoms with E-state index in [1.54, 1.807) is 0 Å². The minimum absolute atomic E-state index is 0.121. The van der Waals surface area contributed by atoms with Gasteiger partial charge in [0.25, 0.3) is 0 Å². The number of carbonyl (C=O) groups excluding carboxylic acids is 2. The summed E-state index contributed by atoms with van der Waals surface area (Å²) in [5.74, 6) is -0.992. The Bertz CT molecular complexity index is 1190. The summed E-state index contributed by atoms with van der Waals surface area (Å²) in [4.78, 5) is 42.8. The Labute approximate surface area is 320 Å². The van der Waals surface area contributed by atoms with Crippen molar-refractivity contribution in [3.63, 3.8) is 0 Å². The van der Waals surface area contributed by atoms with Crippen molar-refractivity contribution >= 4 is 19.8 Å². The number of unbranched alkanes of at least 4 members (excludes halogenated alkanes) is 7. The molecule has 0 spiro atoms. The molecule has 0 aromatic carbocycles. The quantitative estimate of drug-likeness (QED) is 0.0216. The summed E-state index contributed by atoms with van der Waals surface area (Å²) in [6, 6.07) is 0. The number of phosphoric acid groups is 1. The van der Waals surface area contributed by atoms with Crippen LogP contribution >= 0.6 is 7.82 Å². The Hall–Kier alpha value is -2.81. The average Bonchev–Trinajstić information content (AvgIpc) is 3.88. The van der Waals surface area contributed by atoms with Crippen LogP contribution in [0.1, 0.15) is 142 Å². The summed E-state index contributed by atoms with van der Waals surface area (Å²) in [7, 11) is -4.78. The van der Waals surface area contributed by atoms with Crippen LogP contribution in [0.15, 0.2) is 85.1 Å². The second kappa shape index (κ2) is 33.7. The molecule has 0 radical (unpaired) electrons. The molecule has 0 bridgehead atoms. The maximum atomic E-state index is 12.4. The number of phosphoric ester groups is 1.